The minimum atomic E-state index is -0.721. The Morgan fingerprint density at radius 2 is 2.42 bits per heavy atom. The van der Waals surface area contributed by atoms with E-state index in [1.165, 1.54) is 0 Å². The van der Waals surface area contributed by atoms with Crippen molar-refractivity contribution in [3.8, 4) is 0 Å². The maximum atomic E-state index is 10.2. The molecule has 69 valence electrons. The Labute approximate surface area is 78.4 Å². The Morgan fingerprint density at radius 1 is 1.67 bits per heavy atom. The molecule has 2 nitrogen and oxygen atoms in total. The van der Waals surface area contributed by atoms with Crippen LogP contribution in [-0.2, 0) is 4.79 Å². The van der Waals surface area contributed by atoms with Crippen LogP contribution in [0.1, 0.15) is 32.6 Å². The predicted molar refractivity (Wildman–Crippen MR) is 55.5 cm³/mol. The van der Waals surface area contributed by atoms with Gasteiger partial charge in [0.25, 0.3) is 0 Å². The van der Waals surface area contributed by atoms with Crippen molar-refractivity contribution in [1.29, 1.82) is 1.28 Å². The number of carboxylic acids is 1. The number of carbonyl (C=O) groups is 1. The molecule has 0 saturated carbocycles. The van der Waals surface area contributed by atoms with Crippen molar-refractivity contribution >= 4 is 21.4 Å². The molecule has 1 N–H and O–H groups in total. The standard InChI is InChI=1S/C8H17BO2P/c1-2-7-12-9-6-4-3-5-8(10)11/h12H,2-7H2,1H3,(H,10,11)/i12T. The summed E-state index contributed by atoms with van der Waals surface area (Å²) >= 11 is 0. The van der Waals surface area contributed by atoms with Crippen LogP contribution >= 0.6 is 8.40 Å². The van der Waals surface area contributed by atoms with E-state index >= 15 is 0 Å². The Hall–Kier alpha value is -0.0351. The average molecular weight is 189 g/mol. The van der Waals surface area contributed by atoms with Gasteiger partial charge < -0.3 is 5.11 Å². The second-order valence-corrected chi connectivity index (χ2v) is 3.91. The van der Waals surface area contributed by atoms with Crippen molar-refractivity contribution in [2.24, 2.45) is 0 Å². The Balaban J connectivity index is 3.11. The van der Waals surface area contributed by atoms with E-state index in [0.29, 0.717) is 0 Å². The Bertz CT molecular complexity index is 146. The molecule has 0 saturated heterocycles. The van der Waals surface area contributed by atoms with E-state index in [-0.39, 0.29) is 6.42 Å². The maximum Gasteiger partial charge on any atom is 0.303 e. The normalized spacial score (nSPS) is 13.6. The van der Waals surface area contributed by atoms with E-state index in [1.807, 2.05) is 7.00 Å². The minimum Gasteiger partial charge on any atom is -0.481 e. The molecule has 0 fully saturated rings. The van der Waals surface area contributed by atoms with Gasteiger partial charge in [-0.1, -0.05) is 26.1 Å². The number of rotatable bonds is 8. The lowest BCUT2D eigenvalue weighted by Crippen LogP contribution is -1.94. The molecule has 0 amide bonds. The summed E-state index contributed by atoms with van der Waals surface area (Å²) in [6.07, 6.45) is 4.87. The molecule has 1 radical (unpaired) electrons. The molecule has 0 aliphatic carbocycles. The number of carboxylic acid groups (broad SMARTS) is 1. The second kappa shape index (κ2) is 9.06. The van der Waals surface area contributed by atoms with Gasteiger partial charge in [-0.3, -0.25) is 4.79 Å². The van der Waals surface area contributed by atoms with Crippen molar-refractivity contribution in [2.75, 3.05) is 6.16 Å². The Morgan fingerprint density at radius 3 is 3.00 bits per heavy atom. The highest BCUT2D eigenvalue weighted by Crippen LogP contribution is 2.12. The number of aliphatic carboxylic acids is 1. The van der Waals surface area contributed by atoms with Crippen LogP contribution in [-0.4, -0.2) is 25.5 Å². The van der Waals surface area contributed by atoms with Gasteiger partial charge in [0.15, 0.2) is 0 Å². The van der Waals surface area contributed by atoms with Crippen molar-refractivity contribution in [3.05, 3.63) is 0 Å². The first kappa shape index (κ1) is 10.0. The zero-order valence-corrected chi connectivity index (χ0v) is 8.52. The van der Waals surface area contributed by atoms with Gasteiger partial charge in [-0.15, -0.1) is 0 Å². The van der Waals surface area contributed by atoms with Crippen LogP contribution in [0.4, 0.5) is 0 Å². The fraction of sp³-hybridized carbons (Fsp3) is 0.875. The van der Waals surface area contributed by atoms with E-state index < -0.39 is 14.4 Å². The molecule has 0 rings (SSSR count). The number of unbranched alkanes of at least 4 members (excludes halogenated alkanes) is 1. The molecule has 0 aromatic heterocycles. The topological polar surface area (TPSA) is 37.3 Å². The van der Waals surface area contributed by atoms with Crippen molar-refractivity contribution in [1.82, 2.24) is 0 Å². The summed E-state index contributed by atoms with van der Waals surface area (Å²) in [4.78, 5) is 10.2. The van der Waals surface area contributed by atoms with Crippen molar-refractivity contribution in [2.45, 2.75) is 38.9 Å². The molecule has 4 heteroatoms. The van der Waals surface area contributed by atoms with Crippen molar-refractivity contribution < 1.29 is 9.90 Å². The first-order valence-electron chi connectivity index (χ1n) is 4.92. The number of hydrogen-bond donors (Lipinski definition) is 1. The summed E-state index contributed by atoms with van der Waals surface area (Å²) in [6, 6.07) is 0. The van der Waals surface area contributed by atoms with Crippen LogP contribution in [0.2, 0.25) is 6.32 Å². The molecule has 0 aliphatic rings. The van der Waals surface area contributed by atoms with Crippen LogP contribution in [0, 0.1) is 0 Å². The van der Waals surface area contributed by atoms with Gasteiger partial charge in [0, 0.05) is 7.70 Å². The lowest BCUT2D eigenvalue weighted by atomic mass is 9.97. The SMILES string of the molecule is [3H]P([B]CCCCC(=O)O)CCC. The first-order chi connectivity index (χ1) is 6.16. The van der Waals surface area contributed by atoms with Crippen molar-refractivity contribution in [3.63, 3.8) is 0 Å². The molecule has 12 heavy (non-hydrogen) atoms. The summed E-state index contributed by atoms with van der Waals surface area (Å²) in [6.45, 7) is 4.13. The van der Waals surface area contributed by atoms with Crippen LogP contribution in [0.3, 0.4) is 0 Å². The molecule has 0 heterocycles. The maximum absolute atomic E-state index is 10.2. The van der Waals surface area contributed by atoms with Gasteiger partial charge in [0.05, 0.1) is 0 Å². The summed E-state index contributed by atoms with van der Waals surface area (Å²) in [5.74, 6) is -0.721. The fourth-order valence-corrected chi connectivity index (χ4v) is 1.63. The van der Waals surface area contributed by atoms with Gasteiger partial charge >= 0.3 is 5.97 Å². The van der Waals surface area contributed by atoms with Gasteiger partial charge in [-0.2, -0.15) is 8.40 Å². The average Bonchev–Trinajstić information content (AvgIpc) is 2.03. The lowest BCUT2D eigenvalue weighted by Gasteiger charge is -1.97. The third kappa shape index (κ3) is 9.96. The highest BCUT2D eigenvalue weighted by atomic mass is 31.1. The summed E-state index contributed by atoms with van der Waals surface area (Å²) in [7, 11) is -0.635. The minimum absolute atomic E-state index is 0.261. The largest absolute Gasteiger partial charge is 0.481 e. The fourth-order valence-electron chi connectivity index (χ4n) is 0.824. The summed E-state index contributed by atoms with van der Waals surface area (Å²) in [5.41, 5.74) is 0. The number of hydrogen-bond acceptors (Lipinski definition) is 1. The monoisotopic (exact) mass is 189 g/mol. The zero-order chi connectivity index (χ0) is 10.1. The molecule has 0 aromatic carbocycles. The van der Waals surface area contributed by atoms with Gasteiger partial charge in [0.1, 0.15) is 7.00 Å². The lowest BCUT2D eigenvalue weighted by molar-refractivity contribution is -0.137. The van der Waals surface area contributed by atoms with E-state index in [1.54, 1.807) is 0 Å². The van der Waals surface area contributed by atoms with E-state index in [4.69, 9.17) is 6.39 Å². The second-order valence-electron chi connectivity index (χ2n) is 2.73. The highest BCUT2D eigenvalue weighted by Gasteiger charge is 1.96. The van der Waals surface area contributed by atoms with Crippen LogP contribution in [0.15, 0.2) is 0 Å². The van der Waals surface area contributed by atoms with Gasteiger partial charge in [-0.25, -0.2) is 0 Å². The molecule has 0 aliphatic heterocycles. The van der Waals surface area contributed by atoms with E-state index in [2.05, 4.69) is 6.92 Å². The third-order valence-corrected chi connectivity index (χ3v) is 2.68. The predicted octanol–water partition coefficient (Wildman–Crippen LogP) is 2.37. The summed E-state index contributed by atoms with van der Waals surface area (Å²) < 4.78 is 7.58. The smallest absolute Gasteiger partial charge is 0.303 e. The molecular formula is C8H17BO2P. The van der Waals surface area contributed by atoms with Crippen LogP contribution in [0.25, 0.3) is 0 Å². The molecule has 0 spiro atoms. The first-order valence-corrected chi connectivity index (χ1v) is 5.62. The molecule has 1 unspecified atom stereocenters. The van der Waals surface area contributed by atoms with Gasteiger partial charge in [0.2, 0.25) is 0 Å². The molecule has 1 atom stereocenters. The molecular weight excluding hydrogens is 170 g/mol. The van der Waals surface area contributed by atoms with E-state index in [9.17, 15) is 4.79 Å². The van der Waals surface area contributed by atoms with E-state index in [0.717, 1.165) is 31.7 Å². The highest BCUT2D eigenvalue weighted by molar-refractivity contribution is 7.70. The third-order valence-electron chi connectivity index (χ3n) is 1.46. The quantitative estimate of drug-likeness (QED) is 0.361. The van der Waals surface area contributed by atoms with Crippen LogP contribution < -0.4 is 0 Å². The summed E-state index contributed by atoms with van der Waals surface area (Å²) in [5, 5.41) is 8.36. The van der Waals surface area contributed by atoms with Gasteiger partial charge in [-0.05, 0) is 12.6 Å². The molecule has 0 aromatic rings. The zero-order valence-electron chi connectivity index (χ0n) is 8.62. The van der Waals surface area contributed by atoms with Crippen LogP contribution in [0.5, 0.6) is 0 Å². The Kier molecular flexibility index (Phi) is 7.58. The molecule has 0 bridgehead atoms.